The van der Waals surface area contributed by atoms with Gasteiger partial charge in [-0.3, -0.25) is 0 Å². The van der Waals surface area contributed by atoms with E-state index in [0.717, 1.165) is 93.6 Å². The Kier molecular flexibility index (Phi) is 6.79. The van der Waals surface area contributed by atoms with Gasteiger partial charge in [0, 0.05) is 38.2 Å². The van der Waals surface area contributed by atoms with Gasteiger partial charge in [-0.05, 0) is 63.4 Å². The summed E-state index contributed by atoms with van der Waals surface area (Å²) < 4.78 is 12.4. The van der Waals surface area contributed by atoms with Gasteiger partial charge in [-0.25, -0.2) is 15.0 Å². The molecule has 54 heavy (non-hydrogen) atoms. The normalized spacial score (nSPS) is 11.7. The lowest BCUT2D eigenvalue weighted by atomic mass is 9.98. The zero-order chi connectivity index (χ0) is 35.6. The van der Waals surface area contributed by atoms with Gasteiger partial charge in [-0.1, -0.05) is 146 Å². The van der Waals surface area contributed by atoms with E-state index in [1.807, 2.05) is 42.5 Å². The molecule has 252 valence electrons. The molecule has 0 aliphatic carbocycles. The highest BCUT2D eigenvalue weighted by atomic mass is 16.3. The molecule has 0 aliphatic heterocycles. The molecule has 5 heteroatoms. The van der Waals surface area contributed by atoms with Crippen molar-refractivity contribution in [3.05, 3.63) is 176 Å². The van der Waals surface area contributed by atoms with E-state index in [9.17, 15) is 0 Å². The number of hydrogen-bond acceptors (Lipinski definition) is 5. The molecule has 8 aromatic carbocycles. The maximum atomic E-state index is 6.24. The fourth-order valence-corrected chi connectivity index (χ4v) is 7.70. The van der Waals surface area contributed by atoms with Crippen LogP contribution in [0.5, 0.6) is 0 Å². The second-order valence-electron chi connectivity index (χ2n) is 13.6. The molecule has 3 aromatic heterocycles. The van der Waals surface area contributed by atoms with Gasteiger partial charge < -0.3 is 8.83 Å². The van der Waals surface area contributed by atoms with Gasteiger partial charge in [-0.2, -0.15) is 0 Å². The molecule has 0 fully saturated rings. The number of rotatable bonds is 5. The molecule has 0 atom stereocenters. The Morgan fingerprint density at radius 2 is 0.778 bits per heavy atom. The zero-order valence-corrected chi connectivity index (χ0v) is 28.9. The van der Waals surface area contributed by atoms with E-state index in [-0.39, 0.29) is 0 Å². The van der Waals surface area contributed by atoms with Gasteiger partial charge in [0.25, 0.3) is 0 Å². The molecule has 11 rings (SSSR count). The minimum atomic E-state index is 0.604. The van der Waals surface area contributed by atoms with Crippen molar-refractivity contribution in [1.82, 2.24) is 15.0 Å². The first-order valence-corrected chi connectivity index (χ1v) is 18.0. The Balaban J connectivity index is 1.06. The van der Waals surface area contributed by atoms with Crippen molar-refractivity contribution in [1.29, 1.82) is 0 Å². The molecule has 0 bridgehead atoms. The maximum Gasteiger partial charge on any atom is 0.164 e. The third kappa shape index (κ3) is 4.98. The number of fused-ring (bicyclic) bond motifs is 8. The molecular formula is C49H29N3O2. The van der Waals surface area contributed by atoms with Crippen LogP contribution in [-0.2, 0) is 0 Å². The Morgan fingerprint density at radius 3 is 1.46 bits per heavy atom. The SMILES string of the molecule is c1ccc(-c2ccc(-c3nc(-c4ccc(-c5cccc6oc7ccccc7c56)cc4)nc(-c4ccc5ccc6oc7ccccc7c6c5c4)n3)cc2)cc1. The summed E-state index contributed by atoms with van der Waals surface area (Å²) in [6, 6.07) is 60.5. The van der Waals surface area contributed by atoms with Crippen LogP contribution in [0.4, 0.5) is 0 Å². The fourth-order valence-electron chi connectivity index (χ4n) is 7.70. The molecule has 0 spiro atoms. The van der Waals surface area contributed by atoms with Crippen molar-refractivity contribution in [2.24, 2.45) is 0 Å². The van der Waals surface area contributed by atoms with Crippen LogP contribution in [-0.4, -0.2) is 15.0 Å². The van der Waals surface area contributed by atoms with Crippen molar-refractivity contribution in [3.8, 4) is 56.4 Å². The largest absolute Gasteiger partial charge is 0.456 e. The summed E-state index contributed by atoms with van der Waals surface area (Å²) in [6.45, 7) is 0. The number of aromatic nitrogens is 3. The van der Waals surface area contributed by atoms with Crippen molar-refractivity contribution in [2.75, 3.05) is 0 Å². The second kappa shape index (κ2) is 12.1. The zero-order valence-electron chi connectivity index (χ0n) is 28.9. The van der Waals surface area contributed by atoms with E-state index in [0.29, 0.717) is 17.5 Å². The van der Waals surface area contributed by atoms with Gasteiger partial charge >= 0.3 is 0 Å². The van der Waals surface area contributed by atoms with Crippen LogP contribution in [0.15, 0.2) is 185 Å². The van der Waals surface area contributed by atoms with Gasteiger partial charge in [0.2, 0.25) is 0 Å². The van der Waals surface area contributed by atoms with E-state index in [1.165, 1.54) is 0 Å². The average molecular weight is 692 g/mol. The lowest BCUT2D eigenvalue weighted by molar-refractivity contribution is 0.668. The monoisotopic (exact) mass is 691 g/mol. The number of para-hydroxylation sites is 2. The maximum absolute atomic E-state index is 6.24. The molecule has 0 unspecified atom stereocenters. The predicted molar refractivity (Wildman–Crippen MR) is 219 cm³/mol. The van der Waals surface area contributed by atoms with Crippen LogP contribution in [0.1, 0.15) is 0 Å². The standard InChI is InChI=1S/C49H29N3O2/c1-2-9-30(10-3-1)31-17-22-34(23-18-31)47-50-48(35-24-19-32(20-25-35)37-13-8-16-43-45(37)38-11-4-6-14-41(38)53-43)52-49(51-47)36-26-21-33-27-28-44-46(40(33)29-36)39-12-5-7-15-42(39)54-44/h1-29H. The highest BCUT2D eigenvalue weighted by Gasteiger charge is 2.17. The van der Waals surface area contributed by atoms with Crippen LogP contribution >= 0.6 is 0 Å². The number of furan rings is 2. The summed E-state index contributed by atoms with van der Waals surface area (Å²) in [5.41, 5.74) is 10.7. The Labute approximate surface area is 309 Å². The first-order valence-electron chi connectivity index (χ1n) is 18.0. The minimum Gasteiger partial charge on any atom is -0.456 e. The summed E-state index contributed by atoms with van der Waals surface area (Å²) >= 11 is 0. The van der Waals surface area contributed by atoms with Crippen LogP contribution in [0, 0.1) is 0 Å². The van der Waals surface area contributed by atoms with Crippen LogP contribution < -0.4 is 0 Å². The third-order valence-electron chi connectivity index (χ3n) is 10.4. The summed E-state index contributed by atoms with van der Waals surface area (Å²) in [5.74, 6) is 1.82. The first kappa shape index (κ1) is 30.3. The van der Waals surface area contributed by atoms with Crippen LogP contribution in [0.3, 0.4) is 0 Å². The lowest BCUT2D eigenvalue weighted by Crippen LogP contribution is -2.00. The Morgan fingerprint density at radius 1 is 0.296 bits per heavy atom. The molecule has 0 N–H and O–H groups in total. The number of nitrogens with zero attached hydrogens (tertiary/aromatic N) is 3. The summed E-state index contributed by atoms with van der Waals surface area (Å²) in [6.07, 6.45) is 0. The fraction of sp³-hybridized carbons (Fsp3) is 0. The molecule has 0 saturated carbocycles. The topological polar surface area (TPSA) is 65.0 Å². The lowest BCUT2D eigenvalue weighted by Gasteiger charge is -2.11. The van der Waals surface area contributed by atoms with E-state index in [4.69, 9.17) is 23.8 Å². The summed E-state index contributed by atoms with van der Waals surface area (Å²) in [5, 5.41) is 6.61. The van der Waals surface area contributed by atoms with E-state index < -0.39 is 0 Å². The molecule has 0 aliphatic rings. The predicted octanol–water partition coefficient (Wildman–Crippen LogP) is 13.2. The highest BCUT2D eigenvalue weighted by Crippen LogP contribution is 2.39. The molecule has 5 nitrogen and oxygen atoms in total. The summed E-state index contributed by atoms with van der Waals surface area (Å²) in [4.78, 5) is 15.3. The van der Waals surface area contributed by atoms with Gasteiger partial charge in [0.15, 0.2) is 17.5 Å². The number of benzene rings is 8. The van der Waals surface area contributed by atoms with Crippen molar-refractivity contribution in [2.45, 2.75) is 0 Å². The highest BCUT2D eigenvalue weighted by molar-refractivity contribution is 6.19. The Bertz CT molecular complexity index is 3200. The van der Waals surface area contributed by atoms with E-state index >= 15 is 0 Å². The van der Waals surface area contributed by atoms with Crippen molar-refractivity contribution in [3.63, 3.8) is 0 Å². The first-order chi connectivity index (χ1) is 26.7. The molecule has 0 amide bonds. The van der Waals surface area contributed by atoms with Crippen LogP contribution in [0.2, 0.25) is 0 Å². The third-order valence-corrected chi connectivity index (χ3v) is 10.4. The number of hydrogen-bond donors (Lipinski definition) is 0. The molecule has 0 saturated heterocycles. The summed E-state index contributed by atoms with van der Waals surface area (Å²) in [7, 11) is 0. The van der Waals surface area contributed by atoms with E-state index in [1.54, 1.807) is 0 Å². The van der Waals surface area contributed by atoms with Gasteiger partial charge in [0.05, 0.1) is 0 Å². The quantitative estimate of drug-likeness (QED) is 0.180. The molecule has 0 radical (unpaired) electrons. The van der Waals surface area contributed by atoms with Gasteiger partial charge in [0.1, 0.15) is 22.3 Å². The average Bonchev–Trinajstić information content (AvgIpc) is 3.83. The molecule has 11 aromatic rings. The molecule has 3 heterocycles. The smallest absolute Gasteiger partial charge is 0.164 e. The van der Waals surface area contributed by atoms with Crippen molar-refractivity contribution >= 4 is 54.6 Å². The minimum absolute atomic E-state index is 0.604. The molecular weight excluding hydrogens is 663 g/mol. The van der Waals surface area contributed by atoms with Crippen molar-refractivity contribution < 1.29 is 8.83 Å². The second-order valence-corrected chi connectivity index (χ2v) is 13.6. The van der Waals surface area contributed by atoms with Crippen LogP contribution in [0.25, 0.3) is 111 Å². The Hall–Kier alpha value is -7.37. The van der Waals surface area contributed by atoms with Gasteiger partial charge in [-0.15, -0.1) is 0 Å². The van der Waals surface area contributed by atoms with E-state index in [2.05, 4.69) is 133 Å².